The molecule has 0 heterocycles. The molecule has 1 aromatic carbocycles. The van der Waals surface area contributed by atoms with E-state index in [1.165, 1.54) is 0 Å². The van der Waals surface area contributed by atoms with Crippen LogP contribution in [0, 0.1) is 0 Å². The predicted molar refractivity (Wildman–Crippen MR) is 49.0 cm³/mol. The molecule has 0 spiro atoms. The summed E-state index contributed by atoms with van der Waals surface area (Å²) in [4.78, 5) is -0.694. The summed E-state index contributed by atoms with van der Waals surface area (Å²) in [5, 5.41) is 17.4. The van der Waals surface area contributed by atoms with Crippen molar-refractivity contribution in [3.05, 3.63) is 18.2 Å². The molecule has 1 rings (SSSR count). The van der Waals surface area contributed by atoms with Gasteiger partial charge in [-0.25, -0.2) is 0 Å². The second kappa shape index (κ2) is 3.56. The Labute approximate surface area is 80.3 Å². The van der Waals surface area contributed by atoms with Crippen molar-refractivity contribution >= 4 is 28.5 Å². The second-order valence-electron chi connectivity index (χ2n) is 2.65. The largest absolute Gasteiger partial charge is 0.488 e. The first-order valence-electron chi connectivity index (χ1n) is 3.52. The van der Waals surface area contributed by atoms with Crippen LogP contribution in [0.1, 0.15) is 0 Å². The number of benzene rings is 1. The highest BCUT2D eigenvalue weighted by Gasteiger charge is 2.18. The van der Waals surface area contributed by atoms with Crippen molar-refractivity contribution in [2.75, 3.05) is 5.73 Å². The molecule has 1 aromatic rings. The first-order chi connectivity index (χ1) is 6.30. The normalized spacial score (nSPS) is 11.4. The Morgan fingerprint density at radius 1 is 1.29 bits per heavy atom. The standard InChI is InChI=1S/C6H7BFNO4S/c8-14(12,13)6-2-4(7(10)11)1-5(9)3-6/h1-3,10-11H,9H2. The summed E-state index contributed by atoms with van der Waals surface area (Å²) in [6, 6.07) is 2.83. The van der Waals surface area contributed by atoms with Crippen LogP contribution in [0.5, 0.6) is 0 Å². The molecule has 0 radical (unpaired) electrons. The van der Waals surface area contributed by atoms with Crippen molar-refractivity contribution in [3.63, 3.8) is 0 Å². The van der Waals surface area contributed by atoms with Crippen LogP contribution in [0.4, 0.5) is 9.57 Å². The summed E-state index contributed by atoms with van der Waals surface area (Å²) in [5.74, 6) is 0. The van der Waals surface area contributed by atoms with E-state index in [4.69, 9.17) is 15.8 Å². The molecule has 0 saturated carbocycles. The summed E-state index contributed by atoms with van der Waals surface area (Å²) in [6.45, 7) is 0. The number of anilines is 1. The Bertz CT molecular complexity index is 447. The molecule has 0 aliphatic heterocycles. The zero-order chi connectivity index (χ0) is 10.9. The van der Waals surface area contributed by atoms with Gasteiger partial charge >= 0.3 is 17.3 Å². The van der Waals surface area contributed by atoms with E-state index >= 15 is 0 Å². The number of nitrogens with two attached hydrogens (primary N) is 1. The predicted octanol–water partition coefficient (Wildman–Crippen LogP) is -1.39. The molecule has 0 atom stereocenters. The summed E-state index contributed by atoms with van der Waals surface area (Å²) in [6.07, 6.45) is 0. The monoisotopic (exact) mass is 219 g/mol. The fourth-order valence-corrected chi connectivity index (χ4v) is 1.49. The number of halogens is 1. The second-order valence-corrected chi connectivity index (χ2v) is 3.99. The van der Waals surface area contributed by atoms with E-state index in [-0.39, 0.29) is 11.2 Å². The number of hydrogen-bond acceptors (Lipinski definition) is 5. The summed E-state index contributed by atoms with van der Waals surface area (Å²) >= 11 is 0. The lowest BCUT2D eigenvalue weighted by molar-refractivity contribution is 0.425. The third-order valence-electron chi connectivity index (χ3n) is 1.53. The van der Waals surface area contributed by atoms with Crippen LogP contribution >= 0.6 is 0 Å². The van der Waals surface area contributed by atoms with Crippen LogP contribution in [0.2, 0.25) is 0 Å². The molecule has 5 nitrogen and oxygen atoms in total. The minimum Gasteiger partial charge on any atom is -0.423 e. The van der Waals surface area contributed by atoms with Crippen molar-refractivity contribution < 1.29 is 22.4 Å². The van der Waals surface area contributed by atoms with Gasteiger partial charge in [-0.2, -0.15) is 8.42 Å². The molecule has 0 fully saturated rings. The molecular weight excluding hydrogens is 212 g/mol. The molecule has 14 heavy (non-hydrogen) atoms. The Hall–Kier alpha value is -1.12. The highest BCUT2D eigenvalue weighted by molar-refractivity contribution is 7.86. The van der Waals surface area contributed by atoms with E-state index in [1.54, 1.807) is 0 Å². The minimum absolute atomic E-state index is 0.0631. The number of nitrogen functional groups attached to an aromatic ring is 1. The van der Waals surface area contributed by atoms with Crippen molar-refractivity contribution in [2.45, 2.75) is 4.90 Å². The van der Waals surface area contributed by atoms with Gasteiger partial charge in [-0.05, 0) is 23.7 Å². The fourth-order valence-electron chi connectivity index (χ4n) is 0.936. The van der Waals surface area contributed by atoms with Crippen LogP contribution in [-0.2, 0) is 10.2 Å². The van der Waals surface area contributed by atoms with Crippen molar-refractivity contribution in [1.82, 2.24) is 0 Å². The van der Waals surface area contributed by atoms with E-state index in [0.29, 0.717) is 0 Å². The van der Waals surface area contributed by atoms with E-state index < -0.39 is 22.2 Å². The van der Waals surface area contributed by atoms with Crippen LogP contribution in [0.25, 0.3) is 0 Å². The zero-order valence-corrected chi connectivity index (χ0v) is 7.70. The van der Waals surface area contributed by atoms with E-state index in [0.717, 1.165) is 18.2 Å². The highest BCUT2D eigenvalue weighted by atomic mass is 32.3. The molecule has 0 aromatic heterocycles. The molecule has 0 unspecified atom stereocenters. The number of hydrogen-bond donors (Lipinski definition) is 3. The highest BCUT2D eigenvalue weighted by Crippen LogP contribution is 2.13. The smallest absolute Gasteiger partial charge is 0.423 e. The lowest BCUT2D eigenvalue weighted by atomic mass is 9.80. The molecule has 0 amide bonds. The van der Waals surface area contributed by atoms with Gasteiger partial charge in [-0.3, -0.25) is 0 Å². The lowest BCUT2D eigenvalue weighted by Gasteiger charge is -2.03. The molecule has 76 valence electrons. The molecule has 0 aliphatic rings. The van der Waals surface area contributed by atoms with E-state index in [1.807, 2.05) is 0 Å². The van der Waals surface area contributed by atoms with Gasteiger partial charge in [0.1, 0.15) is 4.90 Å². The lowest BCUT2D eigenvalue weighted by Crippen LogP contribution is -2.30. The average molecular weight is 219 g/mol. The summed E-state index contributed by atoms with van der Waals surface area (Å²) in [5.41, 5.74) is 5.00. The van der Waals surface area contributed by atoms with E-state index in [9.17, 15) is 12.3 Å². The molecule has 0 aliphatic carbocycles. The van der Waals surface area contributed by atoms with Crippen molar-refractivity contribution in [1.29, 1.82) is 0 Å². The first-order valence-corrected chi connectivity index (χ1v) is 4.90. The third-order valence-corrected chi connectivity index (χ3v) is 2.33. The zero-order valence-electron chi connectivity index (χ0n) is 6.88. The maximum atomic E-state index is 12.5. The van der Waals surface area contributed by atoms with Crippen LogP contribution in [0.15, 0.2) is 23.1 Å². The minimum atomic E-state index is -4.88. The van der Waals surface area contributed by atoms with Crippen LogP contribution in [-0.4, -0.2) is 25.6 Å². The fraction of sp³-hybridized carbons (Fsp3) is 0. The summed E-state index contributed by atoms with van der Waals surface area (Å²) < 4.78 is 33.4. The molecule has 0 saturated heterocycles. The quantitative estimate of drug-likeness (QED) is 0.323. The van der Waals surface area contributed by atoms with Gasteiger partial charge in [0.15, 0.2) is 0 Å². The molecular formula is C6H7BFNO4S. The topological polar surface area (TPSA) is 101 Å². The Morgan fingerprint density at radius 2 is 1.86 bits per heavy atom. The first kappa shape index (κ1) is 11.0. The average Bonchev–Trinajstić information content (AvgIpc) is 2.01. The van der Waals surface area contributed by atoms with Crippen molar-refractivity contribution in [2.24, 2.45) is 0 Å². The van der Waals surface area contributed by atoms with Crippen LogP contribution < -0.4 is 11.2 Å². The van der Waals surface area contributed by atoms with Gasteiger partial charge in [0.2, 0.25) is 0 Å². The van der Waals surface area contributed by atoms with Gasteiger partial charge in [0, 0.05) is 5.69 Å². The third kappa shape index (κ3) is 2.44. The Balaban J connectivity index is 3.35. The van der Waals surface area contributed by atoms with Crippen LogP contribution in [0.3, 0.4) is 0 Å². The van der Waals surface area contributed by atoms with Gasteiger partial charge in [-0.15, -0.1) is 3.89 Å². The maximum Gasteiger partial charge on any atom is 0.488 e. The molecule has 0 bridgehead atoms. The summed E-state index contributed by atoms with van der Waals surface area (Å²) in [7, 11) is -6.77. The Morgan fingerprint density at radius 3 is 2.29 bits per heavy atom. The van der Waals surface area contributed by atoms with Gasteiger partial charge in [0.25, 0.3) is 0 Å². The van der Waals surface area contributed by atoms with E-state index in [2.05, 4.69) is 0 Å². The number of rotatable bonds is 2. The van der Waals surface area contributed by atoms with Gasteiger partial charge in [-0.1, -0.05) is 0 Å². The van der Waals surface area contributed by atoms with Gasteiger partial charge in [0.05, 0.1) is 0 Å². The SMILES string of the molecule is Nc1cc(B(O)O)cc(S(=O)(=O)F)c1. The molecule has 4 N–H and O–H groups in total. The maximum absolute atomic E-state index is 12.5. The van der Waals surface area contributed by atoms with Gasteiger partial charge < -0.3 is 15.8 Å². The Kier molecular flexibility index (Phi) is 2.79. The molecule has 8 heteroatoms. The van der Waals surface area contributed by atoms with Crippen molar-refractivity contribution in [3.8, 4) is 0 Å².